The van der Waals surface area contributed by atoms with Gasteiger partial charge in [-0.2, -0.15) is 8.42 Å². The number of esters is 3. The van der Waals surface area contributed by atoms with Gasteiger partial charge in [-0.3, -0.25) is 9.35 Å². The van der Waals surface area contributed by atoms with Gasteiger partial charge < -0.3 is 9.47 Å². The van der Waals surface area contributed by atoms with Crippen molar-refractivity contribution in [2.45, 2.75) is 23.5 Å². The second kappa shape index (κ2) is 12.0. The molecule has 1 N–H and O–H groups in total. The molecule has 0 saturated carbocycles. The van der Waals surface area contributed by atoms with Crippen LogP contribution >= 0.6 is 31.9 Å². The van der Waals surface area contributed by atoms with Gasteiger partial charge in [0.05, 0.1) is 17.5 Å². The van der Waals surface area contributed by atoms with Gasteiger partial charge in [-0.15, -0.1) is 4.40 Å². The number of alkyl halides is 2. The molecule has 0 radical (unpaired) electrons. The van der Waals surface area contributed by atoms with Crippen LogP contribution in [0.5, 0.6) is 0 Å². The third kappa shape index (κ3) is 8.61. The highest BCUT2D eigenvalue weighted by molar-refractivity contribution is 9.08. The first-order valence-electron chi connectivity index (χ1n) is 8.94. The average molecular weight is 591 g/mol. The lowest BCUT2D eigenvalue weighted by Gasteiger charge is -2.08. The maximum Gasteiger partial charge on any atom is 0.381 e. The van der Waals surface area contributed by atoms with E-state index < -0.39 is 47.0 Å². The normalized spacial score (nSPS) is 11.7. The number of rotatable bonds is 8. The largest absolute Gasteiger partial charge is 0.407 e. The maximum atomic E-state index is 12.2. The topological polar surface area (TPSA) is 136 Å². The molecule has 0 aliphatic rings. The number of hydrogen-bond donors (Lipinski definition) is 1. The number of nitrogens with zero attached hydrogens (tertiary/aromatic N) is 1. The molecule has 0 aliphatic heterocycles. The molecule has 2 aromatic carbocycles. The molecule has 0 saturated heterocycles. The van der Waals surface area contributed by atoms with Crippen LogP contribution in [0.1, 0.15) is 44.7 Å². The predicted molar refractivity (Wildman–Crippen MR) is 122 cm³/mol. The van der Waals surface area contributed by atoms with E-state index >= 15 is 0 Å². The fraction of sp³-hybridized carbons (Fsp3) is 0.200. The molecule has 32 heavy (non-hydrogen) atoms. The summed E-state index contributed by atoms with van der Waals surface area (Å²) in [6.45, 7) is 0. The van der Waals surface area contributed by atoms with E-state index in [2.05, 4.69) is 36.3 Å². The van der Waals surface area contributed by atoms with E-state index in [-0.39, 0.29) is 11.1 Å². The van der Waals surface area contributed by atoms with Crippen molar-refractivity contribution in [2.75, 3.05) is 0 Å². The van der Waals surface area contributed by atoms with Crippen LogP contribution in [-0.2, 0) is 35.2 Å². The quantitative estimate of drug-likeness (QED) is 0.122. The molecule has 12 heteroatoms. The van der Waals surface area contributed by atoms with E-state index in [1.165, 1.54) is 24.3 Å². The van der Waals surface area contributed by atoms with E-state index in [0.717, 1.165) is 11.1 Å². The number of benzene rings is 2. The summed E-state index contributed by atoms with van der Waals surface area (Å²) in [5.74, 6) is -3.56. The van der Waals surface area contributed by atoms with Gasteiger partial charge in [0, 0.05) is 17.1 Å². The second-order valence-corrected chi connectivity index (χ2v) is 8.44. The molecule has 0 fully saturated rings. The minimum absolute atomic E-state index is 0.0995. The lowest BCUT2D eigenvalue weighted by atomic mass is 10.1. The zero-order valence-corrected chi connectivity index (χ0v) is 20.4. The molecular formula is C20H17Br2NO8S. The maximum absolute atomic E-state index is 12.2. The van der Waals surface area contributed by atoms with Crippen LogP contribution in [0.15, 0.2) is 52.9 Å². The van der Waals surface area contributed by atoms with Crippen molar-refractivity contribution in [3.05, 3.63) is 70.8 Å². The highest BCUT2D eigenvalue weighted by atomic mass is 79.9. The van der Waals surface area contributed by atoms with Crippen LogP contribution in [0.4, 0.5) is 0 Å². The summed E-state index contributed by atoms with van der Waals surface area (Å²) in [6, 6.07) is 12.5. The Kier molecular flexibility index (Phi) is 9.69. The van der Waals surface area contributed by atoms with E-state index in [0.29, 0.717) is 10.7 Å². The smallest absolute Gasteiger partial charge is 0.381 e. The summed E-state index contributed by atoms with van der Waals surface area (Å²) in [5.41, 5.74) is 2.06. The third-order valence-electron chi connectivity index (χ3n) is 3.87. The Morgan fingerprint density at radius 3 is 1.62 bits per heavy atom. The van der Waals surface area contributed by atoms with Crippen LogP contribution < -0.4 is 0 Å². The first-order valence-corrected chi connectivity index (χ1v) is 12.6. The van der Waals surface area contributed by atoms with Gasteiger partial charge in [-0.25, -0.2) is 9.59 Å². The Bertz CT molecular complexity index is 1110. The predicted octanol–water partition coefficient (Wildman–Crippen LogP) is 4.00. The van der Waals surface area contributed by atoms with Crippen LogP contribution in [0.25, 0.3) is 0 Å². The van der Waals surface area contributed by atoms with Crippen molar-refractivity contribution in [3.8, 4) is 0 Å². The molecule has 0 spiro atoms. The van der Waals surface area contributed by atoms with Gasteiger partial charge in [0.2, 0.25) is 5.90 Å². The Balaban J connectivity index is 2.01. The van der Waals surface area contributed by atoms with E-state index in [1.807, 2.05) is 0 Å². The van der Waals surface area contributed by atoms with Crippen LogP contribution in [0.3, 0.4) is 0 Å². The molecule has 9 nitrogen and oxygen atoms in total. The zero-order chi connectivity index (χ0) is 23.7. The SMILES string of the molecule is O=C(CC/C(=N/S(=O)(=O)O)OC(=O)c1ccc(CBr)cc1)OC(=O)c1ccc(CBr)cc1. The monoisotopic (exact) mass is 589 g/mol. The summed E-state index contributed by atoms with van der Waals surface area (Å²) < 4.78 is 43.7. The standard InChI is InChI=1S/C20H17Br2NO8S/c21-11-13-1-5-15(6-2-13)19(25)30-17(23-32(27,28)29)9-10-18(24)31-20(26)16-7-3-14(12-22)4-8-16/h1-8H,9-12H2,(H,27,28,29)/b23-17-. The van der Waals surface area contributed by atoms with Gasteiger partial charge >= 0.3 is 28.2 Å². The summed E-state index contributed by atoms with van der Waals surface area (Å²) in [4.78, 5) is 36.3. The zero-order valence-electron chi connectivity index (χ0n) is 16.4. The summed E-state index contributed by atoms with van der Waals surface area (Å²) in [6.07, 6.45) is -1.05. The lowest BCUT2D eigenvalue weighted by molar-refractivity contribution is -0.137. The van der Waals surface area contributed by atoms with E-state index in [1.54, 1.807) is 24.3 Å². The van der Waals surface area contributed by atoms with Gasteiger partial charge in [0.25, 0.3) is 0 Å². The van der Waals surface area contributed by atoms with E-state index in [4.69, 9.17) is 14.0 Å². The molecule has 0 amide bonds. The first-order chi connectivity index (χ1) is 15.1. The van der Waals surface area contributed by atoms with Crippen molar-refractivity contribution in [2.24, 2.45) is 4.40 Å². The minimum atomic E-state index is -4.90. The van der Waals surface area contributed by atoms with Crippen molar-refractivity contribution < 1.29 is 36.8 Å². The second-order valence-electron chi connectivity index (χ2n) is 6.25. The number of hydrogen-bond acceptors (Lipinski definition) is 7. The molecule has 0 heterocycles. The average Bonchev–Trinajstić information content (AvgIpc) is 2.76. The first kappa shape index (κ1) is 25.8. The molecule has 0 unspecified atom stereocenters. The highest BCUT2D eigenvalue weighted by Crippen LogP contribution is 2.12. The van der Waals surface area contributed by atoms with Crippen LogP contribution in [-0.4, -0.2) is 36.8 Å². The Morgan fingerprint density at radius 1 is 0.781 bits per heavy atom. The number of halogens is 2. The fourth-order valence-corrected chi connectivity index (χ4v) is 3.43. The Labute approximate surface area is 201 Å². The molecule has 2 aromatic rings. The highest BCUT2D eigenvalue weighted by Gasteiger charge is 2.19. The van der Waals surface area contributed by atoms with Gasteiger partial charge in [0.15, 0.2) is 0 Å². The van der Waals surface area contributed by atoms with Gasteiger partial charge in [-0.1, -0.05) is 56.1 Å². The lowest BCUT2D eigenvalue weighted by Crippen LogP contribution is -2.18. The summed E-state index contributed by atoms with van der Waals surface area (Å²) in [5, 5.41) is 1.16. The molecule has 0 aromatic heterocycles. The molecule has 0 bridgehead atoms. The van der Waals surface area contributed by atoms with Crippen LogP contribution in [0, 0.1) is 0 Å². The number of carbonyl (C=O) groups is 3. The molecule has 0 atom stereocenters. The Morgan fingerprint density at radius 2 is 1.22 bits per heavy atom. The summed E-state index contributed by atoms with van der Waals surface area (Å²) in [7, 11) is -4.90. The summed E-state index contributed by atoms with van der Waals surface area (Å²) >= 11 is 6.54. The van der Waals surface area contributed by atoms with Crippen molar-refractivity contribution in [1.82, 2.24) is 0 Å². The molecule has 170 valence electrons. The van der Waals surface area contributed by atoms with Crippen molar-refractivity contribution in [3.63, 3.8) is 0 Å². The van der Waals surface area contributed by atoms with E-state index in [9.17, 15) is 22.8 Å². The van der Waals surface area contributed by atoms with Crippen LogP contribution in [0.2, 0.25) is 0 Å². The molecule has 2 rings (SSSR count). The number of carbonyl (C=O) groups excluding carboxylic acids is 3. The third-order valence-corrected chi connectivity index (χ3v) is 5.59. The molecule has 0 aliphatic carbocycles. The number of ether oxygens (including phenoxy) is 2. The Hall–Kier alpha value is -2.41. The fourth-order valence-electron chi connectivity index (χ4n) is 2.29. The van der Waals surface area contributed by atoms with Gasteiger partial charge in [0.1, 0.15) is 0 Å². The van der Waals surface area contributed by atoms with Crippen molar-refractivity contribution in [1.29, 1.82) is 0 Å². The minimum Gasteiger partial charge on any atom is -0.407 e. The van der Waals surface area contributed by atoms with Crippen molar-refractivity contribution >= 4 is 66.0 Å². The molecular weight excluding hydrogens is 574 g/mol. The van der Waals surface area contributed by atoms with Gasteiger partial charge in [-0.05, 0) is 35.4 Å².